The van der Waals surface area contributed by atoms with E-state index in [1.807, 2.05) is 18.7 Å². The quantitative estimate of drug-likeness (QED) is 0.486. The van der Waals surface area contributed by atoms with Crippen LogP contribution < -0.4 is 5.73 Å². The third-order valence-corrected chi connectivity index (χ3v) is 2.57. The lowest BCUT2D eigenvalue weighted by Crippen LogP contribution is -2.21. The second-order valence-electron chi connectivity index (χ2n) is 2.74. The largest absolute Gasteiger partial charge is 0.387 e. The Morgan fingerprint density at radius 2 is 2.00 bits per heavy atom. The fraction of sp³-hybridized carbons (Fsp3) is 0.857. The maximum atomic E-state index is 7.11. The molecule has 0 aromatic rings. The average molecular weight is 160 g/mol. The first-order chi connectivity index (χ1) is 4.54. The van der Waals surface area contributed by atoms with Gasteiger partial charge in [0.05, 0.1) is 5.84 Å². The molecule has 0 saturated heterocycles. The van der Waals surface area contributed by atoms with Crippen molar-refractivity contribution < 1.29 is 0 Å². The van der Waals surface area contributed by atoms with Crippen LogP contribution in [0.4, 0.5) is 0 Å². The van der Waals surface area contributed by atoms with Gasteiger partial charge in [-0.05, 0) is 5.25 Å². The highest BCUT2D eigenvalue weighted by Gasteiger charge is 2.05. The monoisotopic (exact) mass is 160 g/mol. The highest BCUT2D eigenvalue weighted by molar-refractivity contribution is 7.99. The molecule has 2 nitrogen and oxygen atoms in total. The summed E-state index contributed by atoms with van der Waals surface area (Å²) >= 11 is 1.85. The highest BCUT2D eigenvalue weighted by atomic mass is 32.2. The fourth-order valence-electron chi connectivity index (χ4n) is 0.427. The molecule has 1 atom stereocenters. The van der Waals surface area contributed by atoms with Gasteiger partial charge in [0, 0.05) is 11.7 Å². The highest BCUT2D eigenvalue weighted by Crippen LogP contribution is 2.13. The molecule has 0 saturated carbocycles. The van der Waals surface area contributed by atoms with Crippen molar-refractivity contribution in [3.63, 3.8) is 0 Å². The molecule has 0 heterocycles. The Bertz CT molecular complexity index is 112. The summed E-state index contributed by atoms with van der Waals surface area (Å²) in [6.45, 7) is 6.28. The summed E-state index contributed by atoms with van der Waals surface area (Å²) in [6.07, 6.45) is 0. The van der Waals surface area contributed by atoms with Gasteiger partial charge in [0.1, 0.15) is 0 Å². The van der Waals surface area contributed by atoms with Crippen LogP contribution in [-0.4, -0.2) is 16.8 Å². The number of amidine groups is 1. The number of thioether (sulfide) groups is 1. The normalized spacial score (nSPS) is 13.6. The van der Waals surface area contributed by atoms with Gasteiger partial charge >= 0.3 is 0 Å². The van der Waals surface area contributed by atoms with Gasteiger partial charge in [0.25, 0.3) is 0 Å². The van der Waals surface area contributed by atoms with Crippen molar-refractivity contribution in [2.45, 2.75) is 26.0 Å². The molecule has 0 spiro atoms. The van der Waals surface area contributed by atoms with E-state index in [-0.39, 0.29) is 5.92 Å². The van der Waals surface area contributed by atoms with Crippen molar-refractivity contribution in [2.75, 3.05) is 5.75 Å². The van der Waals surface area contributed by atoms with Crippen LogP contribution in [0.3, 0.4) is 0 Å². The van der Waals surface area contributed by atoms with E-state index >= 15 is 0 Å². The molecule has 0 aromatic heterocycles. The molecule has 1 unspecified atom stereocenters. The van der Waals surface area contributed by atoms with Crippen LogP contribution in [0.2, 0.25) is 0 Å². The molecule has 3 N–H and O–H groups in total. The Hall–Kier alpha value is -0.180. The molecular weight excluding hydrogens is 144 g/mol. The van der Waals surface area contributed by atoms with Gasteiger partial charge < -0.3 is 5.73 Å². The van der Waals surface area contributed by atoms with E-state index in [4.69, 9.17) is 11.1 Å². The number of nitrogens with two attached hydrogens (primary N) is 1. The van der Waals surface area contributed by atoms with Gasteiger partial charge in [-0.1, -0.05) is 20.8 Å². The van der Waals surface area contributed by atoms with Crippen LogP contribution in [0, 0.1) is 11.3 Å². The van der Waals surface area contributed by atoms with E-state index in [0.29, 0.717) is 11.1 Å². The number of hydrogen-bond acceptors (Lipinski definition) is 2. The van der Waals surface area contributed by atoms with Crippen LogP contribution >= 0.6 is 11.8 Å². The minimum absolute atomic E-state index is 0.229. The SMILES string of the molecule is CC(C)SCC(C)C(=N)N. The van der Waals surface area contributed by atoms with Crippen LogP contribution in [0.15, 0.2) is 0 Å². The van der Waals surface area contributed by atoms with E-state index in [2.05, 4.69) is 13.8 Å². The lowest BCUT2D eigenvalue weighted by atomic mass is 10.2. The standard InChI is InChI=1S/C7H16N2S/c1-5(2)10-4-6(3)7(8)9/h5-6H,4H2,1-3H3,(H3,8,9). The summed E-state index contributed by atoms with van der Waals surface area (Å²) in [5.41, 5.74) is 5.29. The van der Waals surface area contributed by atoms with Crippen LogP contribution in [-0.2, 0) is 0 Å². The van der Waals surface area contributed by atoms with Crippen molar-refractivity contribution in [2.24, 2.45) is 11.7 Å². The Balaban J connectivity index is 3.40. The smallest absolute Gasteiger partial charge is 0.0942 e. The van der Waals surface area contributed by atoms with Gasteiger partial charge in [-0.3, -0.25) is 5.41 Å². The third kappa shape index (κ3) is 4.68. The molecule has 0 aromatic carbocycles. The molecule has 0 aliphatic carbocycles. The van der Waals surface area contributed by atoms with Crippen LogP contribution in [0.25, 0.3) is 0 Å². The van der Waals surface area contributed by atoms with Gasteiger partial charge in [-0.15, -0.1) is 0 Å². The molecule has 0 aliphatic rings. The van der Waals surface area contributed by atoms with Crippen molar-refractivity contribution in [1.29, 1.82) is 5.41 Å². The van der Waals surface area contributed by atoms with Crippen molar-refractivity contribution in [3.8, 4) is 0 Å². The van der Waals surface area contributed by atoms with Crippen LogP contribution in [0.5, 0.6) is 0 Å². The van der Waals surface area contributed by atoms with Crippen molar-refractivity contribution in [3.05, 3.63) is 0 Å². The second-order valence-corrected chi connectivity index (χ2v) is 4.35. The van der Waals surface area contributed by atoms with E-state index < -0.39 is 0 Å². The van der Waals surface area contributed by atoms with E-state index in [1.165, 1.54) is 0 Å². The molecule has 0 radical (unpaired) electrons. The Kier molecular flexibility index (Phi) is 4.52. The summed E-state index contributed by atoms with van der Waals surface area (Å²) < 4.78 is 0. The number of rotatable bonds is 4. The first-order valence-electron chi connectivity index (χ1n) is 3.49. The molecule has 3 heteroatoms. The summed E-state index contributed by atoms with van der Waals surface area (Å²) in [6, 6.07) is 0. The Labute approximate surface area is 67.1 Å². The minimum atomic E-state index is 0.229. The van der Waals surface area contributed by atoms with Gasteiger partial charge in [-0.2, -0.15) is 11.8 Å². The predicted octanol–water partition coefficient (Wildman–Crippen LogP) is 1.70. The second kappa shape index (κ2) is 4.61. The van der Waals surface area contributed by atoms with Gasteiger partial charge in [0.15, 0.2) is 0 Å². The zero-order chi connectivity index (χ0) is 8.15. The summed E-state index contributed by atoms with van der Waals surface area (Å²) in [4.78, 5) is 0. The van der Waals surface area contributed by atoms with E-state index in [0.717, 1.165) is 5.75 Å². The maximum absolute atomic E-state index is 7.11. The lowest BCUT2D eigenvalue weighted by molar-refractivity contribution is 0.875. The number of nitrogens with one attached hydrogen (secondary N) is 1. The molecule has 0 rings (SSSR count). The van der Waals surface area contributed by atoms with E-state index in [1.54, 1.807) is 0 Å². The summed E-state index contributed by atoms with van der Waals surface area (Å²) in [5, 5.41) is 7.75. The summed E-state index contributed by atoms with van der Waals surface area (Å²) in [7, 11) is 0. The van der Waals surface area contributed by atoms with Gasteiger partial charge in [0.2, 0.25) is 0 Å². The van der Waals surface area contributed by atoms with Gasteiger partial charge in [-0.25, -0.2) is 0 Å². The maximum Gasteiger partial charge on any atom is 0.0942 e. The Morgan fingerprint density at radius 1 is 1.50 bits per heavy atom. The summed E-state index contributed by atoms with van der Waals surface area (Å²) in [5.74, 6) is 1.49. The molecule has 60 valence electrons. The fourth-order valence-corrected chi connectivity index (χ4v) is 1.28. The first kappa shape index (κ1) is 9.82. The zero-order valence-corrected chi connectivity index (χ0v) is 7.66. The predicted molar refractivity (Wildman–Crippen MR) is 48.7 cm³/mol. The average Bonchev–Trinajstić information content (AvgIpc) is 1.82. The minimum Gasteiger partial charge on any atom is -0.387 e. The number of hydrogen-bond donors (Lipinski definition) is 2. The first-order valence-corrected chi connectivity index (χ1v) is 4.54. The Morgan fingerprint density at radius 3 is 2.30 bits per heavy atom. The molecule has 0 fully saturated rings. The zero-order valence-electron chi connectivity index (χ0n) is 6.85. The van der Waals surface area contributed by atoms with Crippen molar-refractivity contribution in [1.82, 2.24) is 0 Å². The van der Waals surface area contributed by atoms with E-state index in [9.17, 15) is 0 Å². The molecular formula is C7H16N2S. The van der Waals surface area contributed by atoms with Crippen molar-refractivity contribution >= 4 is 17.6 Å². The molecule has 0 bridgehead atoms. The molecule has 0 amide bonds. The molecule has 0 aliphatic heterocycles. The molecule has 10 heavy (non-hydrogen) atoms. The van der Waals surface area contributed by atoms with Crippen LogP contribution in [0.1, 0.15) is 20.8 Å². The lowest BCUT2D eigenvalue weighted by Gasteiger charge is -2.10. The topological polar surface area (TPSA) is 49.9 Å². The third-order valence-electron chi connectivity index (χ3n) is 1.21.